The van der Waals surface area contributed by atoms with Gasteiger partial charge < -0.3 is 14.2 Å². The van der Waals surface area contributed by atoms with Gasteiger partial charge in [0.2, 0.25) is 0 Å². The van der Waals surface area contributed by atoms with Crippen LogP contribution in [0.5, 0.6) is 11.5 Å². The Bertz CT molecular complexity index is 1530. The van der Waals surface area contributed by atoms with Crippen molar-refractivity contribution in [3.63, 3.8) is 0 Å². The highest BCUT2D eigenvalue weighted by Crippen LogP contribution is 2.28. The third-order valence-corrected chi connectivity index (χ3v) is 5.45. The number of fused-ring (bicyclic) bond motifs is 2. The largest absolute Gasteiger partial charge is 0.497 e. The van der Waals surface area contributed by atoms with Gasteiger partial charge >= 0.3 is 5.97 Å². The Kier molecular flexibility index (Phi) is 5.51. The van der Waals surface area contributed by atoms with Gasteiger partial charge in [-0.25, -0.2) is 9.18 Å². The van der Waals surface area contributed by atoms with Crippen LogP contribution in [0.1, 0.15) is 16.2 Å². The van der Waals surface area contributed by atoms with Crippen molar-refractivity contribution < 1.29 is 23.4 Å². The minimum absolute atomic E-state index is 0.118. The predicted octanol–water partition coefficient (Wildman–Crippen LogP) is 4.46. The Morgan fingerprint density at radius 2 is 1.85 bits per heavy atom. The number of nitrogens with zero attached hydrogens (tertiary/aromatic N) is 4. The zero-order valence-electron chi connectivity index (χ0n) is 18.4. The van der Waals surface area contributed by atoms with Gasteiger partial charge in [-0.3, -0.25) is 9.38 Å². The average Bonchev–Trinajstić information content (AvgIpc) is 3.28. The molecular formula is C25H19FN4O4. The van der Waals surface area contributed by atoms with Gasteiger partial charge in [-0.15, -0.1) is 10.2 Å². The third-order valence-electron chi connectivity index (χ3n) is 5.45. The highest BCUT2D eigenvalue weighted by Gasteiger charge is 2.14. The summed E-state index contributed by atoms with van der Waals surface area (Å²) >= 11 is 0. The molecule has 0 unspecified atom stereocenters. The minimum atomic E-state index is -0.722. The number of hydrogen-bond donors (Lipinski definition) is 0. The maximum atomic E-state index is 14.4. The van der Waals surface area contributed by atoms with Crippen molar-refractivity contribution in [1.29, 1.82) is 0 Å². The van der Waals surface area contributed by atoms with Crippen LogP contribution in [0, 0.1) is 5.82 Å². The lowest BCUT2D eigenvalue weighted by molar-refractivity contribution is 0.0595. The number of aromatic nitrogens is 4. The molecule has 8 nitrogen and oxygen atoms in total. The molecule has 34 heavy (non-hydrogen) atoms. The van der Waals surface area contributed by atoms with Crippen molar-refractivity contribution in [3.8, 4) is 22.6 Å². The molecule has 0 N–H and O–H groups in total. The van der Waals surface area contributed by atoms with E-state index in [0.29, 0.717) is 28.5 Å². The molecule has 3 aromatic heterocycles. The maximum Gasteiger partial charge on any atom is 0.340 e. The average molecular weight is 458 g/mol. The molecule has 0 spiro atoms. The molecule has 5 aromatic rings. The number of methoxy groups -OCH3 is 2. The number of carbonyl (C=O) groups is 1. The van der Waals surface area contributed by atoms with E-state index in [9.17, 15) is 9.18 Å². The molecule has 0 aliphatic rings. The molecule has 2 aromatic carbocycles. The Morgan fingerprint density at radius 3 is 2.65 bits per heavy atom. The van der Waals surface area contributed by atoms with Crippen molar-refractivity contribution >= 4 is 22.5 Å². The Hall–Kier alpha value is -4.53. The molecule has 3 heterocycles. The van der Waals surface area contributed by atoms with Crippen LogP contribution in [0.25, 0.3) is 27.7 Å². The van der Waals surface area contributed by atoms with E-state index in [2.05, 4.69) is 19.9 Å². The lowest BCUT2D eigenvalue weighted by Gasteiger charge is -2.10. The fourth-order valence-electron chi connectivity index (χ4n) is 3.67. The van der Waals surface area contributed by atoms with Gasteiger partial charge in [-0.05, 0) is 53.6 Å². The second-order valence-electron chi connectivity index (χ2n) is 7.43. The zero-order valence-corrected chi connectivity index (χ0v) is 18.4. The summed E-state index contributed by atoms with van der Waals surface area (Å²) in [4.78, 5) is 16.0. The van der Waals surface area contributed by atoms with Gasteiger partial charge in [0.1, 0.15) is 23.9 Å². The van der Waals surface area contributed by atoms with E-state index in [-0.39, 0.29) is 12.2 Å². The lowest BCUT2D eigenvalue weighted by atomic mass is 10.0. The fourth-order valence-corrected chi connectivity index (χ4v) is 3.67. The minimum Gasteiger partial charge on any atom is -0.497 e. The monoisotopic (exact) mass is 458 g/mol. The molecule has 0 saturated carbocycles. The van der Waals surface area contributed by atoms with Crippen molar-refractivity contribution in [2.45, 2.75) is 6.61 Å². The van der Waals surface area contributed by atoms with Crippen molar-refractivity contribution in [1.82, 2.24) is 19.6 Å². The van der Waals surface area contributed by atoms with Crippen LogP contribution in [0.15, 0.2) is 67.0 Å². The number of ether oxygens (including phenoxy) is 3. The summed E-state index contributed by atoms with van der Waals surface area (Å²) in [5, 5.41) is 9.27. The summed E-state index contributed by atoms with van der Waals surface area (Å²) in [6.45, 7) is 0.158. The summed E-state index contributed by atoms with van der Waals surface area (Å²) < 4.78 is 32.1. The Labute approximate surface area is 193 Å². The zero-order chi connectivity index (χ0) is 23.7. The first-order valence-electron chi connectivity index (χ1n) is 10.3. The summed E-state index contributed by atoms with van der Waals surface area (Å²) in [6.07, 6.45) is 3.47. The Morgan fingerprint density at radius 1 is 1.00 bits per heavy atom. The number of carbonyl (C=O) groups excluding carboxylic acids is 1. The topological polar surface area (TPSA) is 87.8 Å². The molecule has 0 amide bonds. The van der Waals surface area contributed by atoms with Gasteiger partial charge in [0.25, 0.3) is 0 Å². The van der Waals surface area contributed by atoms with E-state index < -0.39 is 11.8 Å². The number of halogens is 1. The van der Waals surface area contributed by atoms with E-state index >= 15 is 0 Å². The van der Waals surface area contributed by atoms with Crippen LogP contribution in [0.3, 0.4) is 0 Å². The van der Waals surface area contributed by atoms with E-state index in [0.717, 1.165) is 16.5 Å². The lowest BCUT2D eigenvalue weighted by Crippen LogP contribution is -2.04. The van der Waals surface area contributed by atoms with Crippen LogP contribution >= 0.6 is 0 Å². The van der Waals surface area contributed by atoms with E-state index in [1.807, 2.05) is 24.3 Å². The smallest absolute Gasteiger partial charge is 0.340 e. The van der Waals surface area contributed by atoms with Crippen LogP contribution in [-0.2, 0) is 11.3 Å². The summed E-state index contributed by atoms with van der Waals surface area (Å²) in [5.41, 5.74) is 2.58. The highest BCUT2D eigenvalue weighted by atomic mass is 19.1. The standard InChI is InChI=1S/C25H19FN4O4/c1-32-17-5-7-19-21(12-17)27-10-9-22(19)34-14-24-29-28-23-8-4-16(13-30(23)24)15-3-6-18(20(26)11-15)25(31)33-2/h3-13H,14H2,1-2H3. The van der Waals surface area contributed by atoms with E-state index in [4.69, 9.17) is 9.47 Å². The van der Waals surface area contributed by atoms with Crippen molar-refractivity contribution in [3.05, 3.63) is 84.2 Å². The molecule has 0 atom stereocenters. The SMILES string of the molecule is COC(=O)c1ccc(-c2ccc3nnc(COc4ccnc5cc(OC)ccc45)n3c2)cc1F. The van der Waals surface area contributed by atoms with Gasteiger partial charge in [0.05, 0.1) is 25.3 Å². The molecule has 0 radical (unpaired) electrons. The molecule has 0 fully saturated rings. The first kappa shape index (κ1) is 21.3. The molecule has 0 aliphatic heterocycles. The maximum absolute atomic E-state index is 14.4. The normalized spacial score (nSPS) is 11.0. The summed E-state index contributed by atoms with van der Waals surface area (Å²) in [7, 11) is 2.82. The quantitative estimate of drug-likeness (QED) is 0.347. The van der Waals surface area contributed by atoms with Crippen molar-refractivity contribution in [2.75, 3.05) is 14.2 Å². The number of rotatable bonds is 6. The summed E-state index contributed by atoms with van der Waals surface area (Å²) in [5.74, 6) is 0.560. The second kappa shape index (κ2) is 8.78. The van der Waals surface area contributed by atoms with Crippen LogP contribution < -0.4 is 9.47 Å². The van der Waals surface area contributed by atoms with Crippen LogP contribution in [0.2, 0.25) is 0 Å². The highest BCUT2D eigenvalue weighted by molar-refractivity contribution is 5.90. The molecule has 0 saturated heterocycles. The van der Waals surface area contributed by atoms with Gasteiger partial charge in [0.15, 0.2) is 11.5 Å². The Balaban J connectivity index is 1.44. The number of esters is 1. The number of hydrogen-bond acceptors (Lipinski definition) is 7. The van der Waals surface area contributed by atoms with Gasteiger partial charge in [0, 0.05) is 23.8 Å². The second-order valence-corrected chi connectivity index (χ2v) is 7.43. The molecule has 0 bridgehead atoms. The van der Waals surface area contributed by atoms with Gasteiger partial charge in [-0.2, -0.15) is 0 Å². The molecule has 9 heteroatoms. The molecule has 170 valence electrons. The molecule has 0 aliphatic carbocycles. The molecular weight excluding hydrogens is 439 g/mol. The predicted molar refractivity (Wildman–Crippen MR) is 122 cm³/mol. The first-order chi connectivity index (χ1) is 16.6. The van der Waals surface area contributed by atoms with Crippen LogP contribution in [-0.4, -0.2) is 39.8 Å². The van der Waals surface area contributed by atoms with Crippen LogP contribution in [0.4, 0.5) is 4.39 Å². The number of pyridine rings is 2. The van der Waals surface area contributed by atoms with Gasteiger partial charge in [-0.1, -0.05) is 6.07 Å². The molecule has 5 rings (SSSR count). The first-order valence-corrected chi connectivity index (χ1v) is 10.3. The van der Waals surface area contributed by atoms with E-state index in [1.165, 1.54) is 19.2 Å². The van der Waals surface area contributed by atoms with Crippen molar-refractivity contribution in [2.24, 2.45) is 0 Å². The summed E-state index contributed by atoms with van der Waals surface area (Å²) in [6, 6.07) is 15.3. The fraction of sp³-hybridized carbons (Fsp3) is 0.120. The van der Waals surface area contributed by atoms with E-state index in [1.54, 1.807) is 42.1 Å². The number of benzene rings is 2. The third kappa shape index (κ3) is 3.88.